The topological polar surface area (TPSA) is 103 Å². The lowest BCUT2D eigenvalue weighted by Crippen LogP contribution is -2.31. The van der Waals surface area contributed by atoms with Crippen LogP contribution in [0.15, 0.2) is 45.3 Å². The minimum absolute atomic E-state index is 0.401. The summed E-state index contributed by atoms with van der Waals surface area (Å²) >= 11 is 1.50. The maximum Gasteiger partial charge on any atom is 0.330 e. The maximum atomic E-state index is 12.6. The zero-order chi connectivity index (χ0) is 22.0. The van der Waals surface area contributed by atoms with Crippen LogP contribution in [-0.4, -0.2) is 33.9 Å². The van der Waals surface area contributed by atoms with Crippen molar-refractivity contribution in [3.63, 3.8) is 0 Å². The first-order valence-electron chi connectivity index (χ1n) is 10.4. The summed E-state index contributed by atoms with van der Waals surface area (Å²) in [5, 5.41) is 9.08. The third kappa shape index (κ3) is 3.95. The van der Waals surface area contributed by atoms with Crippen molar-refractivity contribution in [1.82, 2.24) is 33.9 Å². The zero-order valence-corrected chi connectivity index (χ0v) is 18.6. The summed E-state index contributed by atoms with van der Waals surface area (Å²) in [6.07, 6.45) is 3.48. The zero-order valence-electron chi connectivity index (χ0n) is 17.8. The molecule has 0 amide bonds. The molecule has 0 atom stereocenters. The first-order valence-corrected chi connectivity index (χ1v) is 11.3. The average molecular weight is 440 g/mol. The molecule has 0 bridgehead atoms. The van der Waals surface area contributed by atoms with Crippen LogP contribution in [0.3, 0.4) is 0 Å². The molecule has 3 aromatic heterocycles. The molecule has 162 valence electrons. The number of aromatic amines is 1. The van der Waals surface area contributed by atoms with E-state index in [1.165, 1.54) is 11.8 Å². The monoisotopic (exact) mass is 439 g/mol. The maximum absolute atomic E-state index is 12.6. The number of aromatic nitrogens is 7. The molecule has 31 heavy (non-hydrogen) atoms. The number of benzene rings is 1. The van der Waals surface area contributed by atoms with Crippen molar-refractivity contribution in [1.29, 1.82) is 0 Å². The van der Waals surface area contributed by atoms with Crippen molar-refractivity contribution in [2.75, 3.05) is 0 Å². The Hall–Kier alpha value is -3.14. The molecule has 0 spiro atoms. The highest BCUT2D eigenvalue weighted by molar-refractivity contribution is 7.98. The van der Waals surface area contributed by atoms with E-state index in [4.69, 9.17) is 4.98 Å². The number of nitrogens with zero attached hydrogens (tertiary/aromatic N) is 6. The summed E-state index contributed by atoms with van der Waals surface area (Å²) in [6.45, 7) is 7.17. The molecule has 0 radical (unpaired) electrons. The number of imidazole rings is 1. The molecule has 9 nitrogen and oxygen atoms in total. The molecule has 1 N–H and O–H groups in total. The number of aryl methyl sites for hydroxylation is 3. The molecule has 0 saturated carbocycles. The molecule has 0 aliphatic heterocycles. The highest BCUT2D eigenvalue weighted by Gasteiger charge is 2.19. The Kier molecular flexibility index (Phi) is 6.08. The van der Waals surface area contributed by atoms with Gasteiger partial charge in [-0.2, -0.15) is 0 Å². The number of H-pyrrole nitrogens is 1. The van der Waals surface area contributed by atoms with Crippen molar-refractivity contribution in [3.05, 3.63) is 62.8 Å². The predicted octanol–water partition coefficient (Wildman–Crippen LogP) is 2.89. The van der Waals surface area contributed by atoms with Crippen molar-refractivity contribution in [2.24, 2.45) is 0 Å². The average Bonchev–Trinajstić information content (AvgIpc) is 3.36. The SMILES string of the molecule is CCCCn1c(=O)[nH]c(=O)c2c1nc(CSc1nncn1-c1ccccc1C)n2CC. The van der Waals surface area contributed by atoms with E-state index >= 15 is 0 Å². The van der Waals surface area contributed by atoms with Gasteiger partial charge in [-0.25, -0.2) is 9.78 Å². The molecule has 10 heteroatoms. The lowest BCUT2D eigenvalue weighted by molar-refractivity contribution is 0.613. The fourth-order valence-electron chi connectivity index (χ4n) is 3.64. The van der Waals surface area contributed by atoms with Gasteiger partial charge in [-0.05, 0) is 31.9 Å². The number of hydrogen-bond donors (Lipinski definition) is 1. The highest BCUT2D eigenvalue weighted by atomic mass is 32.2. The van der Waals surface area contributed by atoms with E-state index in [1.54, 1.807) is 10.9 Å². The molecule has 0 unspecified atom stereocenters. The highest BCUT2D eigenvalue weighted by Crippen LogP contribution is 2.25. The Morgan fingerprint density at radius 1 is 1.13 bits per heavy atom. The lowest BCUT2D eigenvalue weighted by Gasteiger charge is -2.09. The minimum Gasteiger partial charge on any atom is -0.322 e. The van der Waals surface area contributed by atoms with Gasteiger partial charge in [0.15, 0.2) is 16.3 Å². The van der Waals surface area contributed by atoms with Crippen molar-refractivity contribution in [2.45, 2.75) is 57.6 Å². The minimum atomic E-state index is -0.412. The van der Waals surface area contributed by atoms with E-state index in [0.29, 0.717) is 30.0 Å². The van der Waals surface area contributed by atoms with Gasteiger partial charge in [0, 0.05) is 13.1 Å². The number of thioether (sulfide) groups is 1. The summed E-state index contributed by atoms with van der Waals surface area (Å²) in [7, 11) is 0. The van der Waals surface area contributed by atoms with Gasteiger partial charge in [0.05, 0.1) is 11.4 Å². The van der Waals surface area contributed by atoms with E-state index in [0.717, 1.165) is 35.1 Å². The normalized spacial score (nSPS) is 11.5. The van der Waals surface area contributed by atoms with Gasteiger partial charge < -0.3 is 4.57 Å². The van der Waals surface area contributed by atoms with E-state index in [-0.39, 0.29) is 0 Å². The molecule has 0 saturated heterocycles. The number of hydrogen-bond acceptors (Lipinski definition) is 6. The van der Waals surface area contributed by atoms with Crippen LogP contribution in [0.1, 0.15) is 38.1 Å². The van der Waals surface area contributed by atoms with Crippen molar-refractivity contribution in [3.8, 4) is 5.69 Å². The molecule has 4 rings (SSSR count). The second-order valence-electron chi connectivity index (χ2n) is 7.27. The lowest BCUT2D eigenvalue weighted by atomic mass is 10.2. The molecular formula is C21H25N7O2S. The first-order chi connectivity index (χ1) is 15.0. The van der Waals surface area contributed by atoms with Crippen molar-refractivity contribution >= 4 is 22.9 Å². The van der Waals surface area contributed by atoms with E-state index in [9.17, 15) is 9.59 Å². The van der Waals surface area contributed by atoms with Gasteiger partial charge >= 0.3 is 5.69 Å². The van der Waals surface area contributed by atoms with Crippen molar-refractivity contribution < 1.29 is 0 Å². The summed E-state index contributed by atoms with van der Waals surface area (Å²) in [4.78, 5) is 32.1. The first kappa shape index (κ1) is 21.1. The Balaban J connectivity index is 1.71. The molecular weight excluding hydrogens is 414 g/mol. The largest absolute Gasteiger partial charge is 0.330 e. The molecule has 0 fully saturated rings. The van der Waals surface area contributed by atoms with Crippen LogP contribution < -0.4 is 11.2 Å². The standard InChI is InChI=1S/C21H25N7O2S/c1-4-6-11-27-18-17(19(29)24-20(27)30)26(5-2)16(23-18)12-31-21-25-22-13-28(21)15-10-8-7-9-14(15)3/h7-10,13H,4-6,11-12H2,1-3H3,(H,24,29,30). The molecule has 1 aromatic carbocycles. The second-order valence-corrected chi connectivity index (χ2v) is 8.21. The van der Waals surface area contributed by atoms with Crippen LogP contribution >= 0.6 is 11.8 Å². The van der Waals surface area contributed by atoms with Gasteiger partial charge in [-0.15, -0.1) is 10.2 Å². The van der Waals surface area contributed by atoms with E-state index in [2.05, 4.69) is 22.1 Å². The van der Waals surface area contributed by atoms with Gasteiger partial charge in [-0.3, -0.25) is 18.9 Å². The quantitative estimate of drug-likeness (QED) is 0.424. The van der Waals surface area contributed by atoms with Crippen LogP contribution in [-0.2, 0) is 18.8 Å². The number of unbranched alkanes of at least 4 members (excludes halogenated alkanes) is 1. The Morgan fingerprint density at radius 2 is 1.94 bits per heavy atom. The van der Waals surface area contributed by atoms with Gasteiger partial charge in [0.2, 0.25) is 0 Å². The number of nitrogens with one attached hydrogen (secondary N) is 1. The Labute approximate surface area is 183 Å². The number of para-hydroxylation sites is 1. The molecule has 0 aliphatic rings. The van der Waals surface area contributed by atoms with E-state index < -0.39 is 11.2 Å². The van der Waals surface area contributed by atoms with Gasteiger partial charge in [-0.1, -0.05) is 43.3 Å². The predicted molar refractivity (Wildman–Crippen MR) is 121 cm³/mol. The molecule has 4 aromatic rings. The van der Waals surface area contributed by atoms with Gasteiger partial charge in [0.25, 0.3) is 5.56 Å². The van der Waals surface area contributed by atoms with Crippen LogP contribution in [0.25, 0.3) is 16.9 Å². The van der Waals surface area contributed by atoms with Crippen LogP contribution in [0.2, 0.25) is 0 Å². The second kappa shape index (κ2) is 8.93. The fraction of sp³-hybridized carbons (Fsp3) is 0.381. The third-order valence-electron chi connectivity index (χ3n) is 5.24. The number of rotatable bonds is 8. The molecule has 0 aliphatic carbocycles. The van der Waals surface area contributed by atoms with Crippen LogP contribution in [0.4, 0.5) is 0 Å². The van der Waals surface area contributed by atoms with E-state index in [1.807, 2.05) is 47.2 Å². The summed E-state index contributed by atoms with van der Waals surface area (Å²) < 4.78 is 5.39. The summed E-state index contributed by atoms with van der Waals surface area (Å²) in [5.74, 6) is 1.22. The molecule has 3 heterocycles. The third-order valence-corrected chi connectivity index (χ3v) is 6.18. The van der Waals surface area contributed by atoms with Crippen LogP contribution in [0.5, 0.6) is 0 Å². The Bertz CT molecular complexity index is 1330. The summed E-state index contributed by atoms with van der Waals surface area (Å²) in [6, 6.07) is 8.04. The number of fused-ring (bicyclic) bond motifs is 1. The van der Waals surface area contributed by atoms with Gasteiger partial charge in [0.1, 0.15) is 12.2 Å². The smallest absolute Gasteiger partial charge is 0.322 e. The van der Waals surface area contributed by atoms with Crippen LogP contribution in [0, 0.1) is 6.92 Å². The summed E-state index contributed by atoms with van der Waals surface area (Å²) in [5.41, 5.74) is 2.21. The Morgan fingerprint density at radius 3 is 2.68 bits per heavy atom. The fourth-order valence-corrected chi connectivity index (χ4v) is 4.51.